The summed E-state index contributed by atoms with van der Waals surface area (Å²) in [6.45, 7) is 1.88. The van der Waals surface area contributed by atoms with Crippen molar-refractivity contribution in [1.29, 1.82) is 0 Å². The first-order valence-corrected chi connectivity index (χ1v) is 21.0. The second-order valence-electron chi connectivity index (χ2n) is 12.6. The fourth-order valence-corrected chi connectivity index (χ4v) is 9.74. The molecule has 54 heavy (non-hydrogen) atoms. The van der Waals surface area contributed by atoms with Crippen molar-refractivity contribution in [2.75, 3.05) is 0 Å². The molecule has 0 aromatic heterocycles. The summed E-state index contributed by atoms with van der Waals surface area (Å²) in [5.74, 6) is -1.10. The zero-order valence-electron chi connectivity index (χ0n) is 28.5. The maximum Gasteiger partial charge on any atom is 0.206 e. The zero-order valence-corrected chi connectivity index (χ0v) is 31.0. The van der Waals surface area contributed by atoms with Crippen molar-refractivity contribution in [1.82, 2.24) is 0 Å². The highest BCUT2D eigenvalue weighted by molar-refractivity contribution is 7.92. The fraction of sp³-hybridized carbons (Fsp3) is 0.0233. The molecule has 7 rings (SSSR count). The summed E-state index contributed by atoms with van der Waals surface area (Å²) < 4.78 is 107. The van der Waals surface area contributed by atoms with Crippen molar-refractivity contribution in [3.8, 4) is 33.4 Å². The second-order valence-corrected chi connectivity index (χ2v) is 18.5. The van der Waals surface area contributed by atoms with Gasteiger partial charge in [-0.1, -0.05) is 54.1 Å². The SMILES string of the molecule is Cc1ccc(S(=O)(=O)c2ccc(-c3cc(-c4ccc(S(=O)(=O)c5ccc(F)cc5)cc4)cc(-c4ccc(S(=O)(=O)c5ccc(F)cc5)cc4)c3)cc2)cc1. The average molecular weight is 777 g/mol. The lowest BCUT2D eigenvalue weighted by atomic mass is 9.93. The molecule has 6 nitrogen and oxygen atoms in total. The maximum absolute atomic E-state index is 13.5. The van der Waals surface area contributed by atoms with Crippen LogP contribution < -0.4 is 0 Å². The van der Waals surface area contributed by atoms with Gasteiger partial charge < -0.3 is 0 Å². The number of halogens is 2. The molecule has 0 aliphatic heterocycles. The van der Waals surface area contributed by atoms with Crippen LogP contribution in [0.15, 0.2) is 193 Å². The Kier molecular flexibility index (Phi) is 9.65. The molecule has 0 unspecified atom stereocenters. The normalized spacial score (nSPS) is 12.1. The summed E-state index contributed by atoms with van der Waals surface area (Å²) >= 11 is 0. The summed E-state index contributed by atoms with van der Waals surface area (Å²) in [6, 6.07) is 40.5. The standard InChI is InChI=1S/C43H30F2O6S3/c1-29-2-14-38(15-3-29)52(46,47)39-16-4-30(5-17-39)33-26-34(31-6-18-40(19-7-31)53(48,49)42-22-10-36(44)11-23-42)28-35(27-33)32-8-20-41(21-9-32)54(50,51)43-24-12-37(45)13-25-43/h2-28H,1H3. The van der Waals surface area contributed by atoms with E-state index < -0.39 is 41.1 Å². The lowest BCUT2D eigenvalue weighted by Gasteiger charge is -2.13. The molecule has 270 valence electrons. The summed E-state index contributed by atoms with van der Waals surface area (Å²) in [4.78, 5) is 0.273. The van der Waals surface area contributed by atoms with Crippen LogP contribution in [0, 0.1) is 18.6 Å². The average Bonchev–Trinajstić information content (AvgIpc) is 3.18. The van der Waals surface area contributed by atoms with Crippen molar-refractivity contribution in [3.63, 3.8) is 0 Å². The van der Waals surface area contributed by atoms with Crippen molar-refractivity contribution < 1.29 is 34.0 Å². The van der Waals surface area contributed by atoms with Gasteiger partial charge in [-0.2, -0.15) is 0 Å². The smallest absolute Gasteiger partial charge is 0.206 e. The summed E-state index contributed by atoms with van der Waals surface area (Å²) in [5, 5.41) is 0. The predicted molar refractivity (Wildman–Crippen MR) is 203 cm³/mol. The molecule has 0 spiro atoms. The van der Waals surface area contributed by atoms with Crippen LogP contribution in [0.4, 0.5) is 8.78 Å². The van der Waals surface area contributed by atoms with Crippen molar-refractivity contribution in [2.45, 2.75) is 36.3 Å². The molecule has 0 saturated carbocycles. The molecule has 0 N–H and O–H groups in total. The molecule has 0 aliphatic rings. The molecule has 0 atom stereocenters. The van der Waals surface area contributed by atoms with Gasteiger partial charge in [0.05, 0.1) is 29.4 Å². The van der Waals surface area contributed by atoms with E-state index in [1.54, 1.807) is 72.8 Å². The van der Waals surface area contributed by atoms with E-state index in [0.717, 1.165) is 29.8 Å². The van der Waals surface area contributed by atoms with Gasteiger partial charge in [0.15, 0.2) is 0 Å². The van der Waals surface area contributed by atoms with Crippen molar-refractivity contribution in [3.05, 3.63) is 181 Å². The van der Waals surface area contributed by atoms with E-state index in [1.807, 2.05) is 25.1 Å². The zero-order chi connectivity index (χ0) is 38.3. The number of rotatable bonds is 9. The van der Waals surface area contributed by atoms with Crippen LogP contribution in [0.2, 0.25) is 0 Å². The van der Waals surface area contributed by atoms with Crippen LogP contribution in [0.25, 0.3) is 33.4 Å². The highest BCUT2D eigenvalue weighted by atomic mass is 32.2. The summed E-state index contributed by atoms with van der Waals surface area (Å²) in [5.41, 5.74) is 5.10. The Labute approximate surface area is 312 Å². The largest absolute Gasteiger partial charge is 0.219 e. The molecule has 7 aromatic carbocycles. The van der Waals surface area contributed by atoms with Crippen LogP contribution in [-0.4, -0.2) is 25.3 Å². The van der Waals surface area contributed by atoms with Gasteiger partial charge in [0, 0.05) is 0 Å². The maximum atomic E-state index is 13.5. The molecule has 0 saturated heterocycles. The Balaban J connectivity index is 1.28. The van der Waals surface area contributed by atoms with Gasteiger partial charge in [-0.25, -0.2) is 34.0 Å². The van der Waals surface area contributed by atoms with E-state index in [4.69, 9.17) is 0 Å². The topological polar surface area (TPSA) is 102 Å². The quantitative estimate of drug-likeness (QED) is 0.135. The van der Waals surface area contributed by atoms with Gasteiger partial charge >= 0.3 is 0 Å². The van der Waals surface area contributed by atoms with E-state index in [0.29, 0.717) is 33.4 Å². The minimum Gasteiger partial charge on any atom is -0.219 e. The highest BCUT2D eigenvalue weighted by Gasteiger charge is 2.21. The molecule has 11 heteroatoms. The number of benzene rings is 7. The van der Waals surface area contributed by atoms with Gasteiger partial charge in [-0.15, -0.1) is 0 Å². The molecule has 0 aliphatic carbocycles. The molecule has 0 radical (unpaired) electrons. The Hall–Kier alpha value is -5.75. The first-order chi connectivity index (χ1) is 25.7. The summed E-state index contributed by atoms with van der Waals surface area (Å²) in [6.07, 6.45) is 0. The minimum atomic E-state index is -3.92. The Morgan fingerprint density at radius 1 is 0.296 bits per heavy atom. The Morgan fingerprint density at radius 3 is 0.741 bits per heavy atom. The molecule has 0 fully saturated rings. The third-order valence-electron chi connectivity index (χ3n) is 9.01. The number of hydrogen-bond acceptors (Lipinski definition) is 6. The van der Waals surface area contributed by atoms with Crippen LogP contribution in [-0.2, 0) is 29.5 Å². The highest BCUT2D eigenvalue weighted by Crippen LogP contribution is 2.35. The predicted octanol–water partition coefficient (Wildman–Crippen LogP) is 9.77. The van der Waals surface area contributed by atoms with E-state index in [2.05, 4.69) is 0 Å². The first kappa shape index (κ1) is 36.6. The third-order valence-corrected chi connectivity index (χ3v) is 14.4. The lowest BCUT2D eigenvalue weighted by Crippen LogP contribution is -2.02. The van der Waals surface area contributed by atoms with E-state index in [1.165, 1.54) is 48.5 Å². The molecule has 0 heterocycles. The van der Waals surface area contributed by atoms with Gasteiger partial charge in [-0.3, -0.25) is 0 Å². The van der Waals surface area contributed by atoms with Gasteiger partial charge in [-0.05, 0) is 156 Å². The third kappa shape index (κ3) is 7.25. The lowest BCUT2D eigenvalue weighted by molar-refractivity contribution is 0.593. The number of sulfone groups is 3. The molecule has 0 amide bonds. The van der Waals surface area contributed by atoms with E-state index in [-0.39, 0.29) is 29.4 Å². The van der Waals surface area contributed by atoms with Crippen LogP contribution >= 0.6 is 0 Å². The van der Waals surface area contributed by atoms with E-state index >= 15 is 0 Å². The van der Waals surface area contributed by atoms with E-state index in [9.17, 15) is 34.0 Å². The minimum absolute atomic E-state index is 0.0255. The second kappa shape index (κ2) is 14.2. The molecular weight excluding hydrogens is 747 g/mol. The fourth-order valence-electron chi connectivity index (χ4n) is 5.96. The monoisotopic (exact) mass is 776 g/mol. The van der Waals surface area contributed by atoms with Gasteiger partial charge in [0.25, 0.3) is 0 Å². The Bertz CT molecular complexity index is 2490. The van der Waals surface area contributed by atoms with Crippen LogP contribution in [0.1, 0.15) is 5.56 Å². The molecule has 0 bridgehead atoms. The molecular formula is C43H30F2O6S3. The molecule has 7 aromatic rings. The van der Waals surface area contributed by atoms with Crippen molar-refractivity contribution in [2.24, 2.45) is 0 Å². The van der Waals surface area contributed by atoms with Gasteiger partial charge in [0.1, 0.15) is 11.6 Å². The number of hydrogen-bond donors (Lipinski definition) is 0. The van der Waals surface area contributed by atoms with Gasteiger partial charge in [0.2, 0.25) is 29.5 Å². The number of aryl methyl sites for hydroxylation is 1. The van der Waals surface area contributed by atoms with Crippen LogP contribution in [0.3, 0.4) is 0 Å². The Morgan fingerprint density at radius 2 is 0.500 bits per heavy atom. The summed E-state index contributed by atoms with van der Waals surface area (Å²) in [7, 11) is -11.6. The van der Waals surface area contributed by atoms with Crippen molar-refractivity contribution >= 4 is 29.5 Å². The van der Waals surface area contributed by atoms with Crippen LogP contribution in [0.5, 0.6) is 0 Å². The first-order valence-electron chi connectivity index (χ1n) is 16.5.